The van der Waals surface area contributed by atoms with Gasteiger partial charge in [0.05, 0.1) is 0 Å². The number of ether oxygens (including phenoxy) is 3. The minimum Gasteiger partial charge on any atom is -0.452 e. The summed E-state index contributed by atoms with van der Waals surface area (Å²) >= 11 is 0. The molecule has 0 spiro atoms. The van der Waals surface area contributed by atoms with Gasteiger partial charge in [0, 0.05) is 16.5 Å². The lowest BCUT2D eigenvalue weighted by molar-refractivity contribution is 0.0943. The number of amides is 2. The fraction of sp³-hybridized carbons (Fsp3) is 0.423. The molecule has 0 unspecified atom stereocenters. The van der Waals surface area contributed by atoms with Crippen molar-refractivity contribution >= 4 is 39.1 Å². The van der Waals surface area contributed by atoms with Crippen LogP contribution in [0.4, 0.5) is 14.4 Å². The number of nitrogens with one attached hydrogen (secondary N) is 1. The molecule has 9 heteroatoms. The summed E-state index contributed by atoms with van der Waals surface area (Å²) in [6, 6.07) is 18.6. The van der Waals surface area contributed by atoms with Gasteiger partial charge in [0.2, 0.25) is 0 Å². The van der Waals surface area contributed by atoms with Crippen LogP contribution in [0.25, 0.3) is 0 Å². The van der Waals surface area contributed by atoms with Crippen LogP contribution in [0.3, 0.4) is 0 Å². The summed E-state index contributed by atoms with van der Waals surface area (Å²) in [4.78, 5) is 36.2. The molecule has 2 rings (SSSR count). The zero-order chi connectivity index (χ0) is 25.1. The molecule has 0 radical (unpaired) electrons. The largest absolute Gasteiger partial charge is 0.452 e. The van der Waals surface area contributed by atoms with Crippen LogP contribution in [-0.2, 0) is 27.4 Å². The van der Waals surface area contributed by atoms with Crippen molar-refractivity contribution in [3.8, 4) is 0 Å². The van der Waals surface area contributed by atoms with Crippen molar-refractivity contribution in [1.29, 1.82) is 0 Å². The Morgan fingerprint density at radius 3 is 2.03 bits per heavy atom. The van der Waals surface area contributed by atoms with Gasteiger partial charge in [-0.25, -0.2) is 19.7 Å². The number of imide groups is 1. The Kier molecular flexibility index (Phi) is 14.5. The van der Waals surface area contributed by atoms with E-state index in [4.69, 9.17) is 14.2 Å². The average molecular weight is 520 g/mol. The van der Waals surface area contributed by atoms with Crippen molar-refractivity contribution in [1.82, 2.24) is 5.32 Å². The zero-order valence-electron chi connectivity index (χ0n) is 20.0. The molecule has 0 aliphatic rings. The normalized spacial score (nSPS) is 11.3. The van der Waals surface area contributed by atoms with E-state index in [1.807, 2.05) is 60.7 Å². The molecule has 1 N–H and O–H groups in total. The summed E-state index contributed by atoms with van der Waals surface area (Å²) in [5, 5.41) is 1.69. The van der Waals surface area contributed by atoms with Gasteiger partial charge in [-0.1, -0.05) is 104 Å². The lowest BCUT2D eigenvalue weighted by Gasteiger charge is -2.17. The van der Waals surface area contributed by atoms with E-state index in [0.29, 0.717) is 12.2 Å². The molecule has 7 nitrogen and oxygen atoms in total. The Labute approximate surface area is 215 Å². The quantitative estimate of drug-likeness (QED) is 0.119. The molecular weight excluding hydrogens is 486 g/mol. The summed E-state index contributed by atoms with van der Waals surface area (Å²) in [6.07, 6.45) is 3.81. The number of hydrogen-bond acceptors (Lipinski definition) is 8. The lowest BCUT2D eigenvalue weighted by atomic mass is 10.1. The van der Waals surface area contributed by atoms with Crippen LogP contribution < -0.4 is 5.32 Å². The predicted octanol–water partition coefficient (Wildman–Crippen LogP) is 7.50. The maximum Gasteiger partial charge on any atom is 0.416 e. The van der Waals surface area contributed by atoms with Gasteiger partial charge < -0.3 is 14.2 Å². The highest BCUT2D eigenvalue weighted by molar-refractivity contribution is 8.82. The molecule has 0 saturated heterocycles. The Balaban J connectivity index is 1.73. The van der Waals surface area contributed by atoms with Crippen molar-refractivity contribution < 1.29 is 28.6 Å². The molecule has 0 aliphatic heterocycles. The topological polar surface area (TPSA) is 90.9 Å². The first-order valence-corrected chi connectivity index (χ1v) is 14.1. The van der Waals surface area contributed by atoms with Gasteiger partial charge in [-0.2, -0.15) is 0 Å². The number of alkyl carbamates (subject to hydrolysis) is 2. The van der Waals surface area contributed by atoms with E-state index in [2.05, 4.69) is 12.2 Å². The van der Waals surface area contributed by atoms with Gasteiger partial charge in [0.1, 0.15) is 19.3 Å². The number of carbonyl (C=O) groups is 3. The first kappa shape index (κ1) is 28.6. The van der Waals surface area contributed by atoms with Gasteiger partial charge >= 0.3 is 17.5 Å². The van der Waals surface area contributed by atoms with Crippen molar-refractivity contribution in [3.63, 3.8) is 0 Å². The van der Waals surface area contributed by atoms with Crippen LogP contribution in [0.15, 0.2) is 60.7 Å². The van der Waals surface area contributed by atoms with E-state index >= 15 is 0 Å². The minimum atomic E-state index is -0.868. The molecule has 35 heavy (non-hydrogen) atoms. The third-order valence-electron chi connectivity index (χ3n) is 4.90. The second-order valence-electron chi connectivity index (χ2n) is 7.81. The van der Waals surface area contributed by atoms with Crippen LogP contribution >= 0.6 is 21.6 Å². The molecule has 2 aromatic rings. The fourth-order valence-corrected chi connectivity index (χ4v) is 4.82. The number of unbranched alkanes of at least 4 members (excludes halogenated alkanes) is 4. The molecule has 2 aromatic carbocycles. The third-order valence-corrected chi connectivity index (χ3v) is 6.95. The van der Waals surface area contributed by atoms with Crippen LogP contribution in [0.2, 0.25) is 0 Å². The first-order valence-electron chi connectivity index (χ1n) is 11.7. The van der Waals surface area contributed by atoms with Crippen molar-refractivity contribution in [2.45, 2.75) is 64.8 Å². The summed E-state index contributed by atoms with van der Waals surface area (Å²) in [5.41, 5.74) is 1.73. The van der Waals surface area contributed by atoms with Crippen molar-refractivity contribution in [2.75, 3.05) is 5.75 Å². The molecule has 0 saturated carbocycles. The second-order valence-corrected chi connectivity index (χ2v) is 10.1. The van der Waals surface area contributed by atoms with Gasteiger partial charge in [0.25, 0.3) is 0 Å². The molecule has 0 fully saturated rings. The SMILES string of the molecule is CCCCCCC[C@H](CSSC(=O)OCc1ccccc1)OC(=O)NC(=O)OCc1ccccc1. The highest BCUT2D eigenvalue weighted by Crippen LogP contribution is 2.27. The predicted molar refractivity (Wildman–Crippen MR) is 140 cm³/mol. The van der Waals surface area contributed by atoms with Crippen LogP contribution in [0.1, 0.15) is 56.6 Å². The lowest BCUT2D eigenvalue weighted by Crippen LogP contribution is -2.35. The molecule has 2 amide bonds. The van der Waals surface area contributed by atoms with E-state index in [0.717, 1.165) is 54.0 Å². The summed E-state index contributed by atoms with van der Waals surface area (Å²) in [5.74, 6) is 0.394. The maximum absolute atomic E-state index is 12.2. The Morgan fingerprint density at radius 2 is 1.40 bits per heavy atom. The minimum absolute atomic E-state index is 0.0540. The third kappa shape index (κ3) is 13.7. The smallest absolute Gasteiger partial charge is 0.416 e. The maximum atomic E-state index is 12.2. The van der Waals surface area contributed by atoms with E-state index in [1.165, 1.54) is 10.8 Å². The highest BCUT2D eigenvalue weighted by atomic mass is 33.1. The number of benzene rings is 2. The monoisotopic (exact) mass is 519 g/mol. The van der Waals surface area contributed by atoms with Gasteiger partial charge in [-0.15, -0.1) is 0 Å². The molecule has 0 aliphatic carbocycles. The summed E-state index contributed by atoms with van der Waals surface area (Å²) < 4.78 is 15.8. The number of rotatable bonds is 14. The van der Waals surface area contributed by atoms with E-state index < -0.39 is 23.6 Å². The van der Waals surface area contributed by atoms with Crippen LogP contribution in [0, 0.1) is 0 Å². The van der Waals surface area contributed by atoms with Gasteiger partial charge in [-0.3, -0.25) is 0 Å². The van der Waals surface area contributed by atoms with E-state index in [-0.39, 0.29) is 13.2 Å². The van der Waals surface area contributed by atoms with Crippen molar-refractivity contribution in [2.24, 2.45) is 0 Å². The molecule has 190 valence electrons. The zero-order valence-corrected chi connectivity index (χ0v) is 21.6. The van der Waals surface area contributed by atoms with Gasteiger partial charge in [0.15, 0.2) is 0 Å². The van der Waals surface area contributed by atoms with Crippen LogP contribution in [0.5, 0.6) is 0 Å². The van der Waals surface area contributed by atoms with Gasteiger partial charge in [-0.05, 0) is 24.0 Å². The second kappa shape index (κ2) is 17.7. The fourth-order valence-electron chi connectivity index (χ4n) is 3.07. The standard InChI is InChI=1S/C26H33NO6S2/c1-2-3-4-5-12-17-23(20-34-35-26(30)32-19-22-15-10-7-11-16-22)33-25(29)27-24(28)31-18-21-13-8-6-9-14-21/h6-11,13-16,23H,2-5,12,17-20H2,1H3,(H,27,28,29)/t23-/m1/s1. The van der Waals surface area contributed by atoms with Crippen molar-refractivity contribution in [3.05, 3.63) is 71.8 Å². The number of hydrogen-bond donors (Lipinski definition) is 1. The summed E-state index contributed by atoms with van der Waals surface area (Å²) in [7, 11) is 2.23. The Hall–Kier alpha value is -2.65. The molecule has 0 bridgehead atoms. The Morgan fingerprint density at radius 1 is 0.800 bits per heavy atom. The summed E-state index contributed by atoms with van der Waals surface area (Å²) in [6.45, 7) is 2.41. The van der Waals surface area contributed by atoms with E-state index in [9.17, 15) is 14.4 Å². The first-order chi connectivity index (χ1) is 17.1. The van der Waals surface area contributed by atoms with Crippen LogP contribution in [-0.4, -0.2) is 29.3 Å². The molecular formula is C26H33NO6S2. The Bertz CT molecular complexity index is 882. The number of carbonyl (C=O) groups excluding carboxylic acids is 3. The van der Waals surface area contributed by atoms with E-state index in [1.54, 1.807) is 0 Å². The molecule has 1 atom stereocenters. The highest BCUT2D eigenvalue weighted by Gasteiger charge is 2.18. The molecule has 0 aromatic heterocycles. The average Bonchev–Trinajstić information content (AvgIpc) is 2.87. The molecule has 0 heterocycles.